The van der Waals surface area contributed by atoms with Crippen molar-refractivity contribution in [2.75, 3.05) is 5.32 Å². The number of aromatic nitrogens is 2. The third kappa shape index (κ3) is 2.34. The minimum absolute atomic E-state index is 0.0463. The molecule has 0 radical (unpaired) electrons. The summed E-state index contributed by atoms with van der Waals surface area (Å²) in [5, 5.41) is 19.1. The van der Waals surface area contributed by atoms with Crippen LogP contribution >= 0.6 is 0 Å². The van der Waals surface area contributed by atoms with Crippen molar-refractivity contribution >= 4 is 11.6 Å². The summed E-state index contributed by atoms with van der Waals surface area (Å²) in [7, 11) is 0. The highest BCUT2D eigenvalue weighted by Crippen LogP contribution is 2.57. The average Bonchev–Trinajstić information content (AvgIpc) is 3.28. The van der Waals surface area contributed by atoms with Gasteiger partial charge in [-0.3, -0.25) is 9.89 Å². The van der Waals surface area contributed by atoms with E-state index in [1.807, 2.05) is 6.07 Å². The van der Waals surface area contributed by atoms with E-state index in [9.17, 15) is 23.2 Å². The summed E-state index contributed by atoms with van der Waals surface area (Å²) in [6.45, 7) is 0. The first-order valence-electron chi connectivity index (χ1n) is 9.04. The smallest absolute Gasteiger partial charge is 0.418 e. The number of nitrogens with one attached hydrogen (secondary N) is 2. The van der Waals surface area contributed by atoms with Crippen molar-refractivity contribution in [3.63, 3.8) is 0 Å². The minimum atomic E-state index is -4.72. The fourth-order valence-electron chi connectivity index (χ4n) is 4.23. The number of carbonyl (C=O) groups is 1. The van der Waals surface area contributed by atoms with Crippen molar-refractivity contribution in [3.05, 3.63) is 76.7 Å². The van der Waals surface area contributed by atoms with Gasteiger partial charge in [-0.2, -0.15) is 18.4 Å². The van der Waals surface area contributed by atoms with Crippen LogP contribution in [0.25, 0.3) is 11.3 Å². The fraction of sp³-hybridized carbons (Fsp3) is 0.0952. The van der Waals surface area contributed by atoms with Crippen LogP contribution in [0.15, 0.2) is 60.0 Å². The quantitative estimate of drug-likeness (QED) is 0.555. The molecule has 1 amide bonds. The van der Waals surface area contributed by atoms with Gasteiger partial charge in [-0.05, 0) is 6.07 Å². The van der Waals surface area contributed by atoms with E-state index in [-0.39, 0.29) is 22.6 Å². The fourth-order valence-corrected chi connectivity index (χ4v) is 4.23. The summed E-state index contributed by atoms with van der Waals surface area (Å²) < 4.78 is 46.5. The van der Waals surface area contributed by atoms with Gasteiger partial charge < -0.3 is 15.8 Å². The zero-order valence-electron chi connectivity index (χ0n) is 15.5. The number of carbonyl (C=O) groups excluding carboxylic acids is 1. The number of H-pyrrole nitrogens is 1. The SMILES string of the molecule is N#CC1=C(N)Oc2n[nH]c(-c3ccccc3)c2[C@@]12C(=O)Nc1c(C(F)(F)F)cccc12. The van der Waals surface area contributed by atoms with Gasteiger partial charge in [-0.1, -0.05) is 42.5 Å². The van der Waals surface area contributed by atoms with E-state index < -0.39 is 34.6 Å². The molecular weight excluding hydrogens is 411 g/mol. The van der Waals surface area contributed by atoms with E-state index in [0.717, 1.165) is 6.07 Å². The van der Waals surface area contributed by atoms with E-state index in [2.05, 4.69) is 15.5 Å². The van der Waals surface area contributed by atoms with Crippen LogP contribution in [0, 0.1) is 11.3 Å². The monoisotopic (exact) mass is 423 g/mol. The van der Waals surface area contributed by atoms with Crippen LogP contribution < -0.4 is 15.8 Å². The van der Waals surface area contributed by atoms with Crippen LogP contribution in [0.4, 0.5) is 18.9 Å². The second-order valence-corrected chi connectivity index (χ2v) is 7.03. The molecule has 0 aliphatic carbocycles. The molecule has 10 heteroatoms. The Labute approximate surface area is 172 Å². The number of ether oxygens (including phenoxy) is 1. The van der Waals surface area contributed by atoms with E-state index in [1.165, 1.54) is 12.1 Å². The highest BCUT2D eigenvalue weighted by molar-refractivity contribution is 6.14. The molecule has 0 fully saturated rings. The summed E-state index contributed by atoms with van der Waals surface area (Å²) in [6.07, 6.45) is -4.72. The zero-order valence-corrected chi connectivity index (χ0v) is 15.5. The Balaban J connectivity index is 1.91. The molecule has 1 spiro atoms. The first kappa shape index (κ1) is 18.7. The van der Waals surface area contributed by atoms with Crippen LogP contribution in [-0.2, 0) is 16.4 Å². The van der Waals surface area contributed by atoms with Crippen molar-refractivity contribution in [1.82, 2.24) is 10.2 Å². The maximum Gasteiger partial charge on any atom is 0.418 e. The molecule has 0 saturated heterocycles. The molecule has 5 rings (SSSR count). The Morgan fingerprint density at radius 2 is 1.87 bits per heavy atom. The molecule has 0 saturated carbocycles. The standard InChI is InChI=1S/C21H12F3N5O2/c22-21(23,24)12-8-4-7-11-16(12)27-19(30)20(11)13(9-25)17(26)31-18-14(20)15(28-29-18)10-5-2-1-3-6-10/h1-8H,26H2,(H,27,30)(H,28,29)/t20-/m0/s1. The largest absolute Gasteiger partial charge is 0.420 e. The Morgan fingerprint density at radius 3 is 2.55 bits per heavy atom. The van der Waals surface area contributed by atoms with E-state index >= 15 is 0 Å². The number of nitriles is 1. The van der Waals surface area contributed by atoms with E-state index in [0.29, 0.717) is 11.3 Å². The van der Waals surface area contributed by atoms with Gasteiger partial charge in [0.05, 0.1) is 22.5 Å². The Kier molecular flexibility index (Phi) is 3.70. The third-order valence-electron chi connectivity index (χ3n) is 5.46. The number of aromatic amines is 1. The van der Waals surface area contributed by atoms with Gasteiger partial charge in [-0.25, -0.2) is 0 Å². The van der Waals surface area contributed by atoms with Crippen LogP contribution in [0.1, 0.15) is 16.7 Å². The van der Waals surface area contributed by atoms with Gasteiger partial charge in [0.1, 0.15) is 17.1 Å². The predicted octanol–water partition coefficient (Wildman–Crippen LogP) is 3.42. The summed E-state index contributed by atoms with van der Waals surface area (Å²) in [5.41, 5.74) is 3.22. The average molecular weight is 423 g/mol. The van der Waals surface area contributed by atoms with E-state index in [4.69, 9.17) is 10.5 Å². The highest BCUT2D eigenvalue weighted by Gasteiger charge is 2.60. The molecule has 0 unspecified atom stereocenters. The van der Waals surface area contributed by atoms with E-state index in [1.54, 1.807) is 30.3 Å². The van der Waals surface area contributed by atoms with Crippen molar-refractivity contribution < 1.29 is 22.7 Å². The topological polar surface area (TPSA) is 117 Å². The summed E-state index contributed by atoms with van der Waals surface area (Å²) >= 11 is 0. The number of alkyl halides is 3. The van der Waals surface area contributed by atoms with Gasteiger partial charge >= 0.3 is 6.18 Å². The number of benzene rings is 2. The van der Waals surface area contributed by atoms with Gasteiger partial charge in [0.15, 0.2) is 0 Å². The van der Waals surface area contributed by atoms with Gasteiger partial charge in [0.2, 0.25) is 17.7 Å². The number of fused-ring (bicyclic) bond motifs is 4. The highest BCUT2D eigenvalue weighted by atomic mass is 19.4. The molecule has 2 aliphatic rings. The van der Waals surface area contributed by atoms with Crippen LogP contribution in [0.3, 0.4) is 0 Å². The molecule has 2 aromatic carbocycles. The van der Waals surface area contributed by atoms with Crippen LogP contribution in [-0.4, -0.2) is 16.1 Å². The Morgan fingerprint density at radius 1 is 1.13 bits per heavy atom. The number of hydrogen-bond acceptors (Lipinski definition) is 5. The molecular formula is C21H12F3N5O2. The number of halogens is 3. The lowest BCUT2D eigenvalue weighted by Gasteiger charge is -2.32. The molecule has 3 aromatic rings. The number of nitrogens with zero attached hydrogens (tertiary/aromatic N) is 2. The summed E-state index contributed by atoms with van der Waals surface area (Å²) in [4.78, 5) is 13.4. The number of rotatable bonds is 1. The number of amides is 1. The summed E-state index contributed by atoms with van der Waals surface area (Å²) in [6, 6.07) is 14.0. The van der Waals surface area contributed by atoms with Crippen molar-refractivity contribution in [2.24, 2.45) is 5.73 Å². The first-order valence-corrected chi connectivity index (χ1v) is 9.04. The maximum absolute atomic E-state index is 13.7. The molecule has 1 atom stereocenters. The minimum Gasteiger partial charge on any atom is -0.420 e. The van der Waals surface area contributed by atoms with Crippen LogP contribution in [0.5, 0.6) is 5.88 Å². The van der Waals surface area contributed by atoms with Crippen LogP contribution in [0.2, 0.25) is 0 Å². The van der Waals surface area contributed by atoms with Gasteiger partial charge in [-0.15, -0.1) is 5.10 Å². The Hall–Kier alpha value is -4.26. The van der Waals surface area contributed by atoms with Crippen molar-refractivity contribution in [1.29, 1.82) is 5.26 Å². The Bertz CT molecular complexity index is 1320. The zero-order chi connectivity index (χ0) is 22.0. The van der Waals surface area contributed by atoms with Crippen molar-refractivity contribution in [2.45, 2.75) is 11.6 Å². The molecule has 1 aromatic heterocycles. The predicted molar refractivity (Wildman–Crippen MR) is 102 cm³/mol. The van der Waals surface area contributed by atoms with Gasteiger partial charge in [0, 0.05) is 11.1 Å². The van der Waals surface area contributed by atoms with Crippen molar-refractivity contribution in [3.8, 4) is 23.2 Å². The molecule has 2 aliphatic heterocycles. The molecule has 31 heavy (non-hydrogen) atoms. The number of hydrogen-bond donors (Lipinski definition) is 3. The first-order chi connectivity index (χ1) is 14.8. The lowest BCUT2D eigenvalue weighted by molar-refractivity contribution is -0.136. The second-order valence-electron chi connectivity index (χ2n) is 7.03. The normalized spacial score (nSPS) is 19.5. The lowest BCUT2D eigenvalue weighted by atomic mass is 9.68. The second kappa shape index (κ2) is 6.12. The molecule has 3 heterocycles. The number of nitrogens with two attached hydrogens (primary N) is 1. The lowest BCUT2D eigenvalue weighted by Crippen LogP contribution is -2.42. The number of anilines is 1. The summed E-state index contributed by atoms with van der Waals surface area (Å²) in [5.74, 6) is -1.33. The maximum atomic E-state index is 13.7. The molecule has 154 valence electrons. The molecule has 0 bridgehead atoms. The molecule has 7 nitrogen and oxygen atoms in total. The third-order valence-corrected chi connectivity index (χ3v) is 5.46. The molecule has 4 N–H and O–H groups in total. The number of para-hydroxylation sites is 1. The van der Waals surface area contributed by atoms with Gasteiger partial charge in [0.25, 0.3) is 0 Å².